The smallest absolute Gasteiger partial charge is 0.417 e. The summed E-state index contributed by atoms with van der Waals surface area (Å²) in [7, 11) is 0. The molecule has 27 heavy (non-hydrogen) atoms. The van der Waals surface area contributed by atoms with Crippen LogP contribution in [0.3, 0.4) is 0 Å². The predicted octanol–water partition coefficient (Wildman–Crippen LogP) is 5.75. The zero-order valence-electron chi connectivity index (χ0n) is 14.5. The number of hydrogen-bond donors (Lipinski definition) is 2. The van der Waals surface area contributed by atoms with Crippen LogP contribution in [0.25, 0.3) is 11.1 Å². The zero-order valence-corrected chi connectivity index (χ0v) is 15.3. The number of rotatable bonds is 2. The number of ether oxygens (including phenoxy) is 1. The van der Waals surface area contributed by atoms with E-state index in [2.05, 4.69) is 5.32 Å². The topological polar surface area (TPSA) is 58.6 Å². The van der Waals surface area contributed by atoms with Crippen molar-refractivity contribution in [2.75, 3.05) is 6.61 Å². The van der Waals surface area contributed by atoms with Crippen LogP contribution in [0.4, 0.5) is 18.0 Å². The number of benzene rings is 2. The summed E-state index contributed by atoms with van der Waals surface area (Å²) in [5.41, 5.74) is -0.0859. The van der Waals surface area contributed by atoms with Crippen LogP contribution in [-0.2, 0) is 6.18 Å². The van der Waals surface area contributed by atoms with Crippen LogP contribution < -0.4 is 10.1 Å². The molecule has 0 aliphatic carbocycles. The van der Waals surface area contributed by atoms with E-state index in [9.17, 15) is 18.0 Å². The minimum atomic E-state index is -4.56. The van der Waals surface area contributed by atoms with Gasteiger partial charge in [0.25, 0.3) is 0 Å². The van der Waals surface area contributed by atoms with Crippen LogP contribution >= 0.6 is 11.6 Å². The Hall–Kier alpha value is -2.41. The van der Waals surface area contributed by atoms with Gasteiger partial charge < -0.3 is 15.2 Å². The molecule has 1 unspecified atom stereocenters. The molecule has 8 heteroatoms. The van der Waals surface area contributed by atoms with E-state index in [1.54, 1.807) is 18.2 Å². The Labute approximate surface area is 158 Å². The fourth-order valence-electron chi connectivity index (χ4n) is 3.20. The normalized spacial score (nSPS) is 18.4. The van der Waals surface area contributed by atoms with E-state index in [0.29, 0.717) is 16.9 Å². The van der Waals surface area contributed by atoms with Gasteiger partial charge >= 0.3 is 12.3 Å². The van der Waals surface area contributed by atoms with Crippen LogP contribution in [0.5, 0.6) is 5.75 Å². The third-order valence-electron chi connectivity index (χ3n) is 4.59. The molecule has 1 atom stereocenters. The first-order valence-corrected chi connectivity index (χ1v) is 8.51. The highest BCUT2D eigenvalue weighted by atomic mass is 35.5. The molecule has 1 aliphatic heterocycles. The largest absolute Gasteiger partial charge is 0.493 e. The fraction of sp³-hybridized carbons (Fsp3) is 0.316. The summed E-state index contributed by atoms with van der Waals surface area (Å²) < 4.78 is 45.1. The molecule has 1 amide bonds. The molecule has 0 aromatic heterocycles. The SMILES string of the molecule is CC1(C)COc2cc(-c3cccc(C(F)(F)F)c3Cl)ccc2C1NC(=O)O. The van der Waals surface area contributed by atoms with Crippen LogP contribution in [0.2, 0.25) is 5.02 Å². The summed E-state index contributed by atoms with van der Waals surface area (Å²) in [4.78, 5) is 11.2. The third-order valence-corrected chi connectivity index (χ3v) is 5.00. The van der Waals surface area contributed by atoms with Gasteiger partial charge in [0, 0.05) is 16.5 Å². The molecular weight excluding hydrogens is 383 g/mol. The lowest BCUT2D eigenvalue weighted by Gasteiger charge is -2.39. The van der Waals surface area contributed by atoms with Gasteiger partial charge in [-0.1, -0.05) is 49.7 Å². The summed E-state index contributed by atoms with van der Waals surface area (Å²) in [5.74, 6) is 0.416. The number of carboxylic acid groups (broad SMARTS) is 1. The molecule has 0 radical (unpaired) electrons. The van der Waals surface area contributed by atoms with Crippen LogP contribution in [-0.4, -0.2) is 17.8 Å². The fourth-order valence-corrected chi connectivity index (χ4v) is 3.55. The molecule has 0 fully saturated rings. The molecule has 4 nitrogen and oxygen atoms in total. The number of amides is 1. The Bertz CT molecular complexity index is 896. The highest BCUT2D eigenvalue weighted by Gasteiger charge is 2.39. The van der Waals surface area contributed by atoms with E-state index in [-0.39, 0.29) is 17.2 Å². The number of carbonyl (C=O) groups is 1. The number of nitrogens with one attached hydrogen (secondary N) is 1. The Morgan fingerprint density at radius 3 is 2.63 bits per heavy atom. The maximum atomic E-state index is 13.1. The van der Waals surface area contributed by atoms with Crippen molar-refractivity contribution in [3.8, 4) is 16.9 Å². The highest BCUT2D eigenvalue weighted by Crippen LogP contribution is 2.45. The molecule has 144 valence electrons. The standard InChI is InChI=1S/C19H17ClF3NO3/c1-18(2)9-27-14-8-10(6-7-12(14)16(18)24-17(25)26)11-4-3-5-13(15(11)20)19(21,22)23/h3-8,16,24H,9H2,1-2H3,(H,25,26). The van der Waals surface area contributed by atoms with Crippen LogP contribution in [0.15, 0.2) is 36.4 Å². The second-order valence-corrected chi connectivity index (χ2v) is 7.46. The first kappa shape index (κ1) is 19.4. The van der Waals surface area contributed by atoms with Crippen molar-refractivity contribution in [3.05, 3.63) is 52.5 Å². The Kier molecular flexibility index (Phi) is 4.76. The molecule has 1 aliphatic rings. The van der Waals surface area contributed by atoms with E-state index in [1.807, 2.05) is 13.8 Å². The lowest BCUT2D eigenvalue weighted by Crippen LogP contribution is -2.43. The van der Waals surface area contributed by atoms with Crippen molar-refractivity contribution < 1.29 is 27.8 Å². The first-order chi connectivity index (χ1) is 12.5. The van der Waals surface area contributed by atoms with Gasteiger partial charge in [-0.3, -0.25) is 0 Å². The summed E-state index contributed by atoms with van der Waals surface area (Å²) in [5, 5.41) is 11.2. The second-order valence-electron chi connectivity index (χ2n) is 7.08. The van der Waals surface area contributed by atoms with Gasteiger partial charge in [-0.05, 0) is 17.7 Å². The third kappa shape index (κ3) is 3.69. The zero-order chi connectivity index (χ0) is 20.0. The average molecular weight is 400 g/mol. The summed E-state index contributed by atoms with van der Waals surface area (Å²) in [6.45, 7) is 3.99. The van der Waals surface area contributed by atoms with Crippen molar-refractivity contribution in [1.82, 2.24) is 5.32 Å². The minimum Gasteiger partial charge on any atom is -0.493 e. The van der Waals surface area contributed by atoms with Crippen molar-refractivity contribution in [1.29, 1.82) is 0 Å². The number of hydrogen-bond acceptors (Lipinski definition) is 2. The van der Waals surface area contributed by atoms with E-state index in [0.717, 1.165) is 6.07 Å². The summed E-state index contributed by atoms with van der Waals surface area (Å²) >= 11 is 6.00. The predicted molar refractivity (Wildman–Crippen MR) is 95.1 cm³/mol. The molecule has 1 heterocycles. The van der Waals surface area contributed by atoms with Crippen molar-refractivity contribution in [3.63, 3.8) is 0 Å². The molecule has 0 bridgehead atoms. The number of halogens is 4. The molecule has 2 aromatic rings. The molecular formula is C19H17ClF3NO3. The van der Waals surface area contributed by atoms with Crippen LogP contribution in [0, 0.1) is 5.41 Å². The van der Waals surface area contributed by atoms with Gasteiger partial charge in [0.2, 0.25) is 0 Å². The molecule has 2 aromatic carbocycles. The molecule has 0 spiro atoms. The molecule has 0 saturated heterocycles. The van der Waals surface area contributed by atoms with Crippen LogP contribution in [0.1, 0.15) is 31.0 Å². The van der Waals surface area contributed by atoms with E-state index in [4.69, 9.17) is 21.4 Å². The highest BCUT2D eigenvalue weighted by molar-refractivity contribution is 6.34. The number of alkyl halides is 3. The Morgan fingerprint density at radius 2 is 2.00 bits per heavy atom. The summed E-state index contributed by atoms with van der Waals surface area (Å²) in [6.07, 6.45) is -5.72. The van der Waals surface area contributed by atoms with Crippen molar-refractivity contribution in [2.45, 2.75) is 26.1 Å². The molecule has 3 rings (SSSR count). The van der Waals surface area contributed by atoms with Crippen molar-refractivity contribution in [2.24, 2.45) is 5.41 Å². The minimum absolute atomic E-state index is 0.227. The van der Waals surface area contributed by atoms with E-state index >= 15 is 0 Å². The Balaban J connectivity index is 2.07. The first-order valence-electron chi connectivity index (χ1n) is 8.13. The van der Waals surface area contributed by atoms with E-state index in [1.165, 1.54) is 12.1 Å². The maximum absolute atomic E-state index is 13.1. The molecule has 2 N–H and O–H groups in total. The average Bonchev–Trinajstić information content (AvgIpc) is 2.56. The lowest BCUT2D eigenvalue weighted by atomic mass is 9.78. The van der Waals surface area contributed by atoms with Gasteiger partial charge in [0.05, 0.1) is 23.2 Å². The summed E-state index contributed by atoms with van der Waals surface area (Å²) in [6, 6.07) is 8.06. The van der Waals surface area contributed by atoms with Gasteiger partial charge in [-0.15, -0.1) is 0 Å². The van der Waals surface area contributed by atoms with Gasteiger partial charge in [0.15, 0.2) is 0 Å². The van der Waals surface area contributed by atoms with Crippen molar-refractivity contribution >= 4 is 17.7 Å². The monoisotopic (exact) mass is 399 g/mol. The van der Waals surface area contributed by atoms with Gasteiger partial charge in [-0.2, -0.15) is 13.2 Å². The maximum Gasteiger partial charge on any atom is 0.417 e. The number of fused-ring (bicyclic) bond motifs is 1. The Morgan fingerprint density at radius 1 is 1.30 bits per heavy atom. The van der Waals surface area contributed by atoms with Gasteiger partial charge in [-0.25, -0.2) is 4.79 Å². The quantitative estimate of drug-likeness (QED) is 0.675. The van der Waals surface area contributed by atoms with E-state index < -0.39 is 29.3 Å². The lowest BCUT2D eigenvalue weighted by molar-refractivity contribution is -0.137. The van der Waals surface area contributed by atoms with Gasteiger partial charge in [0.1, 0.15) is 5.75 Å². The second kappa shape index (κ2) is 6.64. The molecule has 0 saturated carbocycles.